The van der Waals surface area contributed by atoms with Gasteiger partial charge in [0.25, 0.3) is 5.69 Å². The summed E-state index contributed by atoms with van der Waals surface area (Å²) in [5.74, 6) is 0. The number of anilines is 1. The van der Waals surface area contributed by atoms with Crippen LogP contribution in [0.15, 0.2) is 35.7 Å². The Morgan fingerprint density at radius 1 is 1.39 bits per heavy atom. The first kappa shape index (κ1) is 12.9. The molecule has 0 unspecified atom stereocenters. The molecule has 18 heavy (non-hydrogen) atoms. The Labute approximate surface area is 113 Å². The van der Waals surface area contributed by atoms with E-state index < -0.39 is 4.92 Å². The third-order valence-electron chi connectivity index (χ3n) is 2.43. The summed E-state index contributed by atoms with van der Waals surface area (Å²) in [5.41, 5.74) is 0.725. The first-order valence-corrected chi connectivity index (χ1v) is 6.63. The minimum atomic E-state index is -0.457. The van der Waals surface area contributed by atoms with Crippen molar-refractivity contribution in [3.63, 3.8) is 0 Å². The number of hydrogen-bond donors (Lipinski definition) is 1. The molecule has 0 radical (unpaired) electrons. The summed E-state index contributed by atoms with van der Waals surface area (Å²) in [7, 11) is 0. The van der Waals surface area contributed by atoms with Crippen LogP contribution in [0.2, 0.25) is 5.02 Å². The Balaban J connectivity index is 1.95. The molecule has 1 aromatic carbocycles. The van der Waals surface area contributed by atoms with Crippen LogP contribution in [0, 0.1) is 10.1 Å². The Bertz CT molecular complexity index is 543. The predicted octanol–water partition coefficient (Wildman–Crippen LogP) is 3.96. The first-order chi connectivity index (χ1) is 8.66. The van der Waals surface area contributed by atoms with Gasteiger partial charge in [0.1, 0.15) is 0 Å². The highest BCUT2D eigenvalue weighted by Crippen LogP contribution is 2.26. The van der Waals surface area contributed by atoms with Gasteiger partial charge in [-0.2, -0.15) is 0 Å². The number of rotatable bonds is 5. The topological polar surface area (TPSA) is 55.2 Å². The van der Waals surface area contributed by atoms with Gasteiger partial charge < -0.3 is 5.32 Å². The summed E-state index contributed by atoms with van der Waals surface area (Å²) in [6.07, 6.45) is 0.908. The molecule has 1 N–H and O–H groups in total. The minimum absolute atomic E-state index is 0.00352. The zero-order valence-electron chi connectivity index (χ0n) is 9.43. The number of nitrogens with zero attached hydrogens (tertiary/aromatic N) is 1. The van der Waals surface area contributed by atoms with E-state index in [0.29, 0.717) is 5.02 Å². The summed E-state index contributed by atoms with van der Waals surface area (Å²) >= 11 is 7.68. The maximum Gasteiger partial charge on any atom is 0.271 e. The van der Waals surface area contributed by atoms with Gasteiger partial charge in [-0.25, -0.2) is 0 Å². The second-order valence-electron chi connectivity index (χ2n) is 3.68. The first-order valence-electron chi connectivity index (χ1n) is 5.37. The predicted molar refractivity (Wildman–Crippen MR) is 74.6 cm³/mol. The lowest BCUT2D eigenvalue weighted by atomic mass is 10.2. The van der Waals surface area contributed by atoms with Crippen molar-refractivity contribution >= 4 is 34.3 Å². The summed E-state index contributed by atoms with van der Waals surface area (Å²) in [5, 5.41) is 16.1. The number of hydrogen-bond acceptors (Lipinski definition) is 4. The molecule has 0 aliphatic carbocycles. The average Bonchev–Trinajstić information content (AvgIpc) is 2.84. The van der Waals surface area contributed by atoms with Crippen LogP contribution in [-0.4, -0.2) is 11.5 Å². The fraction of sp³-hybridized carbons (Fsp3) is 0.167. The lowest BCUT2D eigenvalue weighted by Gasteiger charge is -2.07. The summed E-state index contributed by atoms with van der Waals surface area (Å²) < 4.78 is 0. The van der Waals surface area contributed by atoms with Crippen molar-refractivity contribution in [2.45, 2.75) is 6.42 Å². The van der Waals surface area contributed by atoms with Crippen molar-refractivity contribution in [1.82, 2.24) is 0 Å². The van der Waals surface area contributed by atoms with Gasteiger partial charge in [-0.1, -0.05) is 17.7 Å². The van der Waals surface area contributed by atoms with Gasteiger partial charge in [0.2, 0.25) is 0 Å². The molecule has 4 nitrogen and oxygen atoms in total. The van der Waals surface area contributed by atoms with Crippen LogP contribution in [0.25, 0.3) is 0 Å². The van der Waals surface area contributed by atoms with Gasteiger partial charge in [-0.3, -0.25) is 10.1 Å². The second kappa shape index (κ2) is 5.84. The van der Waals surface area contributed by atoms with E-state index in [0.717, 1.165) is 18.7 Å². The largest absolute Gasteiger partial charge is 0.383 e. The van der Waals surface area contributed by atoms with Crippen molar-refractivity contribution in [2.75, 3.05) is 11.9 Å². The van der Waals surface area contributed by atoms with E-state index in [1.165, 1.54) is 17.0 Å². The molecule has 0 saturated heterocycles. The number of thiophene rings is 1. The average molecular weight is 283 g/mol. The Hall–Kier alpha value is -1.59. The van der Waals surface area contributed by atoms with Crippen molar-refractivity contribution in [2.24, 2.45) is 0 Å². The van der Waals surface area contributed by atoms with Gasteiger partial charge in [-0.05, 0) is 23.9 Å². The summed E-state index contributed by atoms with van der Waals surface area (Å²) in [4.78, 5) is 11.4. The molecule has 6 heteroatoms. The smallest absolute Gasteiger partial charge is 0.271 e. The Morgan fingerprint density at radius 2 is 2.22 bits per heavy atom. The number of nitrogens with one attached hydrogen (secondary N) is 1. The molecule has 2 rings (SSSR count). The third kappa shape index (κ3) is 3.21. The van der Waals surface area contributed by atoms with E-state index in [-0.39, 0.29) is 5.69 Å². The molecular formula is C12H11ClN2O2S. The second-order valence-corrected chi connectivity index (χ2v) is 5.12. The standard InChI is InChI=1S/C12H11ClN2O2S/c13-11-8-9(15(16)17)3-4-12(11)14-6-5-10-2-1-7-18-10/h1-4,7-8,14H,5-6H2. The fourth-order valence-corrected chi connectivity index (χ4v) is 2.49. The lowest BCUT2D eigenvalue weighted by molar-refractivity contribution is -0.384. The number of halogens is 1. The SMILES string of the molecule is O=[N+]([O-])c1ccc(NCCc2cccs2)c(Cl)c1. The Kier molecular flexibility index (Phi) is 4.17. The van der Waals surface area contributed by atoms with Gasteiger partial charge in [0, 0.05) is 23.6 Å². The van der Waals surface area contributed by atoms with E-state index >= 15 is 0 Å². The molecule has 0 spiro atoms. The highest BCUT2D eigenvalue weighted by molar-refractivity contribution is 7.09. The van der Waals surface area contributed by atoms with Crippen LogP contribution in [0.3, 0.4) is 0 Å². The fourth-order valence-electron chi connectivity index (χ4n) is 1.54. The van der Waals surface area contributed by atoms with Crippen LogP contribution in [0.4, 0.5) is 11.4 Å². The van der Waals surface area contributed by atoms with E-state index in [1.54, 1.807) is 17.4 Å². The molecule has 0 aliphatic heterocycles. The van der Waals surface area contributed by atoms with E-state index in [1.807, 2.05) is 11.4 Å². The lowest BCUT2D eigenvalue weighted by Crippen LogP contribution is -2.04. The van der Waals surface area contributed by atoms with Crippen molar-refractivity contribution < 1.29 is 4.92 Å². The molecule has 94 valence electrons. The van der Waals surface area contributed by atoms with Gasteiger partial charge in [0.15, 0.2) is 0 Å². The molecule has 0 bridgehead atoms. The highest BCUT2D eigenvalue weighted by Gasteiger charge is 2.08. The monoisotopic (exact) mass is 282 g/mol. The molecule has 2 aromatic rings. The van der Waals surface area contributed by atoms with Crippen LogP contribution >= 0.6 is 22.9 Å². The Morgan fingerprint density at radius 3 is 2.83 bits per heavy atom. The van der Waals surface area contributed by atoms with Crippen LogP contribution in [0.1, 0.15) is 4.88 Å². The molecule has 1 aromatic heterocycles. The quantitative estimate of drug-likeness (QED) is 0.667. The van der Waals surface area contributed by atoms with E-state index in [9.17, 15) is 10.1 Å². The van der Waals surface area contributed by atoms with E-state index in [4.69, 9.17) is 11.6 Å². The number of non-ortho nitro benzene ring substituents is 1. The van der Waals surface area contributed by atoms with Crippen LogP contribution in [0.5, 0.6) is 0 Å². The van der Waals surface area contributed by atoms with Gasteiger partial charge >= 0.3 is 0 Å². The maximum absolute atomic E-state index is 10.6. The van der Waals surface area contributed by atoms with Crippen LogP contribution < -0.4 is 5.32 Å². The zero-order chi connectivity index (χ0) is 13.0. The van der Waals surface area contributed by atoms with E-state index in [2.05, 4.69) is 11.4 Å². The highest BCUT2D eigenvalue weighted by atomic mass is 35.5. The number of benzene rings is 1. The maximum atomic E-state index is 10.6. The van der Waals surface area contributed by atoms with Gasteiger partial charge in [-0.15, -0.1) is 11.3 Å². The molecule has 0 aliphatic rings. The third-order valence-corrected chi connectivity index (χ3v) is 3.68. The molecular weight excluding hydrogens is 272 g/mol. The molecule has 0 atom stereocenters. The number of nitro groups is 1. The zero-order valence-corrected chi connectivity index (χ0v) is 11.0. The molecule has 0 fully saturated rings. The number of nitro benzene ring substituents is 1. The molecule has 0 saturated carbocycles. The normalized spacial score (nSPS) is 10.3. The van der Waals surface area contributed by atoms with Gasteiger partial charge in [0.05, 0.1) is 15.6 Å². The summed E-state index contributed by atoms with van der Waals surface area (Å²) in [6.45, 7) is 0.748. The minimum Gasteiger partial charge on any atom is -0.383 e. The molecule has 0 amide bonds. The van der Waals surface area contributed by atoms with Crippen molar-refractivity contribution in [3.8, 4) is 0 Å². The van der Waals surface area contributed by atoms with Crippen molar-refractivity contribution in [1.29, 1.82) is 0 Å². The van der Waals surface area contributed by atoms with Crippen LogP contribution in [-0.2, 0) is 6.42 Å². The summed E-state index contributed by atoms with van der Waals surface area (Å²) in [6, 6.07) is 8.52. The van der Waals surface area contributed by atoms with Crippen molar-refractivity contribution in [3.05, 3.63) is 55.7 Å². The molecule has 1 heterocycles.